The molecule has 1 heteroatoms. The maximum absolute atomic E-state index is 11.7. The van der Waals surface area contributed by atoms with Crippen LogP contribution in [0, 0.1) is 10.8 Å². The van der Waals surface area contributed by atoms with Crippen LogP contribution in [0.15, 0.2) is 24.8 Å². The average molecular weight is 234 g/mol. The van der Waals surface area contributed by atoms with E-state index >= 15 is 0 Å². The highest BCUT2D eigenvalue weighted by Crippen LogP contribution is 2.50. The van der Waals surface area contributed by atoms with Gasteiger partial charge < -0.3 is 0 Å². The first kappa shape index (κ1) is 14.2. The molecular formula is C16H26O. The molecule has 1 aliphatic rings. The minimum atomic E-state index is 0.176. The van der Waals surface area contributed by atoms with Crippen LogP contribution in [0.3, 0.4) is 0 Å². The molecule has 0 N–H and O–H groups in total. The van der Waals surface area contributed by atoms with E-state index in [9.17, 15) is 4.79 Å². The summed E-state index contributed by atoms with van der Waals surface area (Å²) in [7, 11) is 0. The van der Waals surface area contributed by atoms with Crippen LogP contribution in [-0.4, -0.2) is 5.78 Å². The van der Waals surface area contributed by atoms with E-state index in [0.717, 1.165) is 6.42 Å². The van der Waals surface area contributed by atoms with Crippen LogP contribution in [-0.2, 0) is 4.79 Å². The Kier molecular flexibility index (Phi) is 4.73. The molecule has 1 unspecified atom stereocenters. The van der Waals surface area contributed by atoms with Gasteiger partial charge in [0.15, 0.2) is 5.78 Å². The van der Waals surface area contributed by atoms with Gasteiger partial charge in [-0.1, -0.05) is 45.8 Å². The lowest BCUT2D eigenvalue weighted by molar-refractivity contribution is -0.114. The third-order valence-corrected chi connectivity index (χ3v) is 4.53. The van der Waals surface area contributed by atoms with Gasteiger partial charge in [-0.15, -0.1) is 6.58 Å². The standard InChI is InChI=1S/C16H26O/c1-5-6-9-14(17)10-13-16(4)12-8-7-11-15(16,2)3/h5,10,13H,1,6-9,11-12H2,2-4H3. The molecule has 1 aliphatic carbocycles. The summed E-state index contributed by atoms with van der Waals surface area (Å²) in [5.74, 6) is 0.229. The van der Waals surface area contributed by atoms with Crippen molar-refractivity contribution in [3.8, 4) is 0 Å². The van der Waals surface area contributed by atoms with Crippen LogP contribution in [0.4, 0.5) is 0 Å². The summed E-state index contributed by atoms with van der Waals surface area (Å²) in [4.78, 5) is 11.7. The Hall–Kier alpha value is -0.850. The van der Waals surface area contributed by atoms with Gasteiger partial charge in [0, 0.05) is 6.42 Å². The summed E-state index contributed by atoms with van der Waals surface area (Å²) in [6.07, 6.45) is 12.2. The first-order valence-corrected chi connectivity index (χ1v) is 6.74. The molecule has 0 aromatic rings. The smallest absolute Gasteiger partial charge is 0.155 e. The van der Waals surface area contributed by atoms with Crippen molar-refractivity contribution in [1.82, 2.24) is 0 Å². The molecule has 0 aliphatic heterocycles. The van der Waals surface area contributed by atoms with Gasteiger partial charge in [-0.2, -0.15) is 0 Å². The number of ketones is 1. The van der Waals surface area contributed by atoms with Crippen molar-refractivity contribution in [2.75, 3.05) is 0 Å². The highest BCUT2D eigenvalue weighted by molar-refractivity contribution is 5.89. The van der Waals surface area contributed by atoms with Crippen molar-refractivity contribution in [3.05, 3.63) is 24.8 Å². The van der Waals surface area contributed by atoms with Crippen LogP contribution < -0.4 is 0 Å². The van der Waals surface area contributed by atoms with Gasteiger partial charge in [-0.3, -0.25) is 4.79 Å². The predicted octanol–water partition coefficient (Wildman–Crippen LogP) is 4.68. The van der Waals surface area contributed by atoms with Crippen LogP contribution in [0.5, 0.6) is 0 Å². The summed E-state index contributed by atoms with van der Waals surface area (Å²) >= 11 is 0. The number of carbonyl (C=O) groups excluding carboxylic acids is 1. The van der Waals surface area contributed by atoms with Crippen LogP contribution in [0.2, 0.25) is 0 Å². The maximum atomic E-state index is 11.7. The number of carbonyl (C=O) groups is 1. The number of hydrogen-bond donors (Lipinski definition) is 0. The number of rotatable bonds is 5. The van der Waals surface area contributed by atoms with Gasteiger partial charge >= 0.3 is 0 Å². The molecule has 0 aromatic carbocycles. The Balaban J connectivity index is 2.67. The minimum Gasteiger partial charge on any atom is -0.295 e. The van der Waals surface area contributed by atoms with Gasteiger partial charge in [-0.25, -0.2) is 0 Å². The summed E-state index contributed by atoms with van der Waals surface area (Å²) in [6, 6.07) is 0. The molecule has 0 amide bonds. The zero-order valence-electron chi connectivity index (χ0n) is 11.6. The molecule has 0 bridgehead atoms. The van der Waals surface area contributed by atoms with Gasteiger partial charge in [0.25, 0.3) is 0 Å². The van der Waals surface area contributed by atoms with Crippen molar-refractivity contribution >= 4 is 5.78 Å². The Labute approximate surface area is 106 Å². The number of hydrogen-bond acceptors (Lipinski definition) is 1. The monoisotopic (exact) mass is 234 g/mol. The first-order valence-electron chi connectivity index (χ1n) is 6.74. The molecule has 1 fully saturated rings. The second-order valence-electron chi connectivity index (χ2n) is 6.14. The van der Waals surface area contributed by atoms with Gasteiger partial charge in [0.1, 0.15) is 0 Å². The SMILES string of the molecule is C=CCCC(=O)C=CC1(C)CCCCC1(C)C. The van der Waals surface area contributed by atoms with E-state index in [0.29, 0.717) is 11.8 Å². The van der Waals surface area contributed by atoms with Crippen molar-refractivity contribution < 1.29 is 4.79 Å². The second-order valence-corrected chi connectivity index (χ2v) is 6.14. The number of allylic oxidation sites excluding steroid dienone is 3. The van der Waals surface area contributed by atoms with Gasteiger partial charge in [-0.05, 0) is 36.2 Å². The van der Waals surface area contributed by atoms with E-state index in [2.05, 4.69) is 33.4 Å². The zero-order valence-corrected chi connectivity index (χ0v) is 11.6. The fraction of sp³-hybridized carbons (Fsp3) is 0.688. The van der Waals surface area contributed by atoms with E-state index in [1.54, 1.807) is 12.2 Å². The lowest BCUT2D eigenvalue weighted by Gasteiger charge is -2.46. The molecule has 0 spiro atoms. The largest absolute Gasteiger partial charge is 0.295 e. The average Bonchev–Trinajstić information content (AvgIpc) is 2.28. The molecular weight excluding hydrogens is 208 g/mol. The molecule has 1 saturated carbocycles. The lowest BCUT2D eigenvalue weighted by atomic mass is 9.58. The third-order valence-electron chi connectivity index (χ3n) is 4.53. The topological polar surface area (TPSA) is 17.1 Å². The summed E-state index contributed by atoms with van der Waals surface area (Å²) in [6.45, 7) is 10.6. The first-order chi connectivity index (χ1) is 7.91. The fourth-order valence-electron chi connectivity index (χ4n) is 2.60. The molecule has 0 radical (unpaired) electrons. The van der Waals surface area contributed by atoms with E-state index in [4.69, 9.17) is 0 Å². The Morgan fingerprint density at radius 2 is 1.88 bits per heavy atom. The molecule has 0 saturated heterocycles. The highest BCUT2D eigenvalue weighted by Gasteiger charge is 2.40. The van der Waals surface area contributed by atoms with Crippen LogP contribution in [0.1, 0.15) is 59.3 Å². The minimum absolute atomic E-state index is 0.176. The Bertz CT molecular complexity index is 311. The zero-order chi connectivity index (χ0) is 12.9. The van der Waals surface area contributed by atoms with Crippen LogP contribution in [0.25, 0.3) is 0 Å². The quantitative estimate of drug-likeness (QED) is 0.498. The lowest BCUT2D eigenvalue weighted by Crippen LogP contribution is -2.36. The maximum Gasteiger partial charge on any atom is 0.155 e. The predicted molar refractivity (Wildman–Crippen MR) is 73.9 cm³/mol. The van der Waals surface area contributed by atoms with Gasteiger partial charge in [0.2, 0.25) is 0 Å². The summed E-state index contributed by atoms with van der Waals surface area (Å²) in [5.41, 5.74) is 0.482. The molecule has 96 valence electrons. The highest BCUT2D eigenvalue weighted by atomic mass is 16.1. The van der Waals surface area contributed by atoms with E-state index in [-0.39, 0.29) is 11.2 Å². The van der Waals surface area contributed by atoms with E-state index in [1.807, 2.05) is 0 Å². The van der Waals surface area contributed by atoms with Crippen LogP contribution >= 0.6 is 0 Å². The normalized spacial score (nSPS) is 28.2. The van der Waals surface area contributed by atoms with Crippen molar-refractivity contribution in [1.29, 1.82) is 0 Å². The van der Waals surface area contributed by atoms with Crippen molar-refractivity contribution in [2.24, 2.45) is 10.8 Å². The third kappa shape index (κ3) is 3.55. The molecule has 1 nitrogen and oxygen atoms in total. The van der Waals surface area contributed by atoms with E-state index in [1.165, 1.54) is 25.7 Å². The van der Waals surface area contributed by atoms with E-state index < -0.39 is 0 Å². The summed E-state index contributed by atoms with van der Waals surface area (Å²) < 4.78 is 0. The molecule has 17 heavy (non-hydrogen) atoms. The molecule has 1 rings (SSSR count). The van der Waals surface area contributed by atoms with Crippen molar-refractivity contribution in [2.45, 2.75) is 59.3 Å². The molecule has 0 aromatic heterocycles. The van der Waals surface area contributed by atoms with Gasteiger partial charge in [0.05, 0.1) is 0 Å². The summed E-state index contributed by atoms with van der Waals surface area (Å²) in [5, 5.41) is 0. The molecule has 1 atom stereocenters. The van der Waals surface area contributed by atoms with Crippen molar-refractivity contribution in [3.63, 3.8) is 0 Å². The Morgan fingerprint density at radius 1 is 1.24 bits per heavy atom. The Morgan fingerprint density at radius 3 is 2.47 bits per heavy atom. The second kappa shape index (κ2) is 5.66. The fourth-order valence-corrected chi connectivity index (χ4v) is 2.60. The molecule has 0 heterocycles.